The monoisotopic (exact) mass is 401 g/mol. The van der Waals surface area contributed by atoms with Gasteiger partial charge in [-0.05, 0) is 47.4 Å². The first-order valence-electron chi connectivity index (χ1n) is 9.12. The van der Waals surface area contributed by atoms with Gasteiger partial charge >= 0.3 is 0 Å². The Morgan fingerprint density at radius 2 is 1.62 bits per heavy atom. The van der Waals surface area contributed by atoms with Gasteiger partial charge < -0.3 is 4.90 Å². The molecule has 1 saturated heterocycles. The smallest absolute Gasteiger partial charge is 0.270 e. The average Bonchev–Trinajstić information content (AvgIpc) is 2.71. The minimum absolute atomic E-state index is 0.0455. The zero-order valence-electron chi connectivity index (χ0n) is 16.0. The highest BCUT2D eigenvalue weighted by molar-refractivity contribution is 7.80. The molecule has 0 aliphatic carbocycles. The number of carbonyl (C=O) groups is 2. The number of carbonyl (C=O) groups excluding carboxylic acids is 2. The lowest BCUT2D eigenvalue weighted by molar-refractivity contribution is -0.122. The Hall–Kier alpha value is -3.51. The average molecular weight is 401 g/mol. The molecule has 6 heteroatoms. The first-order chi connectivity index (χ1) is 14.0. The van der Waals surface area contributed by atoms with Crippen molar-refractivity contribution in [1.82, 2.24) is 5.32 Å². The van der Waals surface area contributed by atoms with Gasteiger partial charge in [-0.25, -0.2) is 0 Å². The van der Waals surface area contributed by atoms with Crippen LogP contribution in [0.25, 0.3) is 16.8 Å². The minimum Gasteiger partial charge on any atom is -0.378 e. The number of rotatable bonds is 3. The molecule has 5 nitrogen and oxygen atoms in total. The normalized spacial score (nSPS) is 15.7. The van der Waals surface area contributed by atoms with Gasteiger partial charge in [0, 0.05) is 25.2 Å². The summed E-state index contributed by atoms with van der Waals surface area (Å²) in [6.07, 6.45) is 1.59. The molecule has 2 amide bonds. The predicted molar refractivity (Wildman–Crippen MR) is 121 cm³/mol. The number of nitrogens with zero attached hydrogens (tertiary/aromatic N) is 2. The van der Waals surface area contributed by atoms with Gasteiger partial charge in [-0.3, -0.25) is 19.8 Å². The van der Waals surface area contributed by atoms with E-state index in [4.69, 9.17) is 12.2 Å². The number of thiocarbonyl (C=S) groups is 1. The standard InChI is InChI=1S/C23H19N3O2S/c1-25(2)17-12-10-15(11-13-17)14-19-21(27)24-23(29)26(22(19)28)20-9-5-7-16-6-3-4-8-18(16)20/h3-14H,1-2H3,(H,24,27,29)/b19-14+. The van der Waals surface area contributed by atoms with E-state index in [1.165, 1.54) is 4.90 Å². The summed E-state index contributed by atoms with van der Waals surface area (Å²) in [7, 11) is 3.91. The van der Waals surface area contributed by atoms with Crippen molar-refractivity contribution < 1.29 is 9.59 Å². The molecule has 1 aliphatic heterocycles. The fraction of sp³-hybridized carbons (Fsp3) is 0.0870. The summed E-state index contributed by atoms with van der Waals surface area (Å²) in [5.74, 6) is -0.931. The van der Waals surface area contributed by atoms with Crippen molar-refractivity contribution in [3.05, 3.63) is 77.9 Å². The van der Waals surface area contributed by atoms with Gasteiger partial charge in [0.25, 0.3) is 11.8 Å². The van der Waals surface area contributed by atoms with Crippen molar-refractivity contribution in [2.24, 2.45) is 0 Å². The van der Waals surface area contributed by atoms with Crippen LogP contribution in [0, 0.1) is 0 Å². The highest BCUT2D eigenvalue weighted by Gasteiger charge is 2.35. The molecule has 4 rings (SSSR count). The SMILES string of the molecule is CN(C)c1ccc(/C=C2\C(=O)NC(=S)N(c3cccc4ccccc34)C2=O)cc1. The second-order valence-electron chi connectivity index (χ2n) is 6.94. The molecule has 1 aliphatic rings. The third-order valence-electron chi connectivity index (χ3n) is 4.83. The van der Waals surface area contributed by atoms with Crippen LogP contribution in [0.1, 0.15) is 5.56 Å². The molecule has 0 saturated carbocycles. The maximum Gasteiger partial charge on any atom is 0.270 e. The molecule has 1 fully saturated rings. The number of hydrogen-bond donors (Lipinski definition) is 1. The topological polar surface area (TPSA) is 52.7 Å². The molecule has 0 spiro atoms. The summed E-state index contributed by atoms with van der Waals surface area (Å²) in [6, 6.07) is 21.0. The van der Waals surface area contributed by atoms with Gasteiger partial charge in [-0.15, -0.1) is 0 Å². The highest BCUT2D eigenvalue weighted by atomic mass is 32.1. The summed E-state index contributed by atoms with van der Waals surface area (Å²) in [5, 5.41) is 4.60. The van der Waals surface area contributed by atoms with Crippen LogP contribution in [0.2, 0.25) is 0 Å². The van der Waals surface area contributed by atoms with Crippen LogP contribution in [0.3, 0.4) is 0 Å². The molecular weight excluding hydrogens is 382 g/mol. The summed E-state index contributed by atoms with van der Waals surface area (Å²) in [6.45, 7) is 0. The molecule has 0 unspecified atom stereocenters. The lowest BCUT2D eigenvalue weighted by atomic mass is 10.0. The third-order valence-corrected chi connectivity index (χ3v) is 5.11. The van der Waals surface area contributed by atoms with E-state index in [9.17, 15) is 9.59 Å². The molecule has 29 heavy (non-hydrogen) atoms. The predicted octanol–water partition coefficient (Wildman–Crippen LogP) is 3.74. The molecule has 1 N–H and O–H groups in total. The summed E-state index contributed by atoms with van der Waals surface area (Å²) >= 11 is 5.33. The van der Waals surface area contributed by atoms with Gasteiger partial charge in [0.05, 0.1) is 5.69 Å². The lowest BCUT2D eigenvalue weighted by Crippen LogP contribution is -2.54. The first kappa shape index (κ1) is 18.8. The number of amides is 2. The quantitative estimate of drug-likeness (QED) is 0.413. The van der Waals surface area contributed by atoms with E-state index >= 15 is 0 Å². The van der Waals surface area contributed by atoms with E-state index in [-0.39, 0.29) is 10.7 Å². The van der Waals surface area contributed by atoms with Crippen LogP contribution in [0.5, 0.6) is 0 Å². The second kappa shape index (κ2) is 7.48. The lowest BCUT2D eigenvalue weighted by Gasteiger charge is -2.29. The Balaban J connectivity index is 1.76. The molecule has 0 aromatic heterocycles. The van der Waals surface area contributed by atoms with Crippen molar-refractivity contribution >= 4 is 57.4 Å². The van der Waals surface area contributed by atoms with E-state index in [2.05, 4.69) is 5.32 Å². The van der Waals surface area contributed by atoms with Gasteiger partial charge in [-0.1, -0.05) is 48.5 Å². The minimum atomic E-state index is -0.492. The Morgan fingerprint density at radius 3 is 2.34 bits per heavy atom. The number of anilines is 2. The number of benzene rings is 3. The van der Waals surface area contributed by atoms with Crippen molar-refractivity contribution in [3.63, 3.8) is 0 Å². The van der Waals surface area contributed by atoms with E-state index in [0.717, 1.165) is 22.0 Å². The van der Waals surface area contributed by atoms with Crippen LogP contribution in [0.15, 0.2) is 72.3 Å². The fourth-order valence-electron chi connectivity index (χ4n) is 3.31. The fourth-order valence-corrected chi connectivity index (χ4v) is 3.59. The summed E-state index contributed by atoms with van der Waals surface area (Å²) in [5.41, 5.74) is 2.49. The van der Waals surface area contributed by atoms with Crippen molar-refractivity contribution in [1.29, 1.82) is 0 Å². The van der Waals surface area contributed by atoms with E-state index in [1.807, 2.05) is 85.7 Å². The van der Waals surface area contributed by atoms with Crippen LogP contribution in [0.4, 0.5) is 11.4 Å². The van der Waals surface area contributed by atoms with Crippen molar-refractivity contribution in [3.8, 4) is 0 Å². The molecule has 3 aromatic carbocycles. The zero-order valence-corrected chi connectivity index (χ0v) is 16.9. The van der Waals surface area contributed by atoms with Crippen molar-refractivity contribution in [2.75, 3.05) is 23.9 Å². The first-order valence-corrected chi connectivity index (χ1v) is 9.53. The Bertz CT molecular complexity index is 1160. The molecular formula is C23H19N3O2S. The molecule has 0 radical (unpaired) electrons. The highest BCUT2D eigenvalue weighted by Crippen LogP contribution is 2.30. The van der Waals surface area contributed by atoms with E-state index in [0.29, 0.717) is 5.69 Å². The largest absolute Gasteiger partial charge is 0.378 e. The Morgan fingerprint density at radius 1 is 0.931 bits per heavy atom. The number of nitrogens with one attached hydrogen (secondary N) is 1. The van der Waals surface area contributed by atoms with Crippen LogP contribution in [-0.2, 0) is 9.59 Å². The second-order valence-corrected chi connectivity index (χ2v) is 7.33. The van der Waals surface area contributed by atoms with Gasteiger partial charge in [-0.2, -0.15) is 0 Å². The molecule has 0 atom stereocenters. The van der Waals surface area contributed by atoms with E-state index in [1.54, 1.807) is 6.08 Å². The van der Waals surface area contributed by atoms with Crippen LogP contribution < -0.4 is 15.1 Å². The summed E-state index contributed by atoms with van der Waals surface area (Å²) in [4.78, 5) is 29.2. The Kier molecular flexibility index (Phi) is 4.86. The molecule has 144 valence electrons. The maximum atomic E-state index is 13.3. The molecule has 0 bridgehead atoms. The van der Waals surface area contributed by atoms with Crippen LogP contribution >= 0.6 is 12.2 Å². The van der Waals surface area contributed by atoms with Gasteiger partial charge in [0.1, 0.15) is 5.57 Å². The maximum absolute atomic E-state index is 13.3. The zero-order chi connectivity index (χ0) is 20.5. The summed E-state index contributed by atoms with van der Waals surface area (Å²) < 4.78 is 0. The number of fused-ring (bicyclic) bond motifs is 1. The Labute approximate surface area is 174 Å². The van der Waals surface area contributed by atoms with Crippen LogP contribution in [-0.4, -0.2) is 31.0 Å². The van der Waals surface area contributed by atoms with E-state index < -0.39 is 11.8 Å². The van der Waals surface area contributed by atoms with Gasteiger partial charge in [0.15, 0.2) is 5.11 Å². The van der Waals surface area contributed by atoms with Crippen molar-refractivity contribution in [2.45, 2.75) is 0 Å². The van der Waals surface area contributed by atoms with Gasteiger partial charge in [0.2, 0.25) is 0 Å². The molecule has 1 heterocycles. The molecule has 3 aromatic rings. The third kappa shape index (κ3) is 3.50. The number of hydrogen-bond acceptors (Lipinski definition) is 4.